The van der Waals surface area contributed by atoms with Gasteiger partial charge in [-0.3, -0.25) is 4.79 Å². The Labute approximate surface area is 99.3 Å². The fourth-order valence-corrected chi connectivity index (χ4v) is 2.31. The number of carboxylic acids is 1. The van der Waals surface area contributed by atoms with Crippen LogP contribution in [0, 0.1) is 0 Å². The molecule has 0 aromatic heterocycles. The number of hydrogen-bond donors (Lipinski definition) is 4. The molecule has 3 atom stereocenters. The third-order valence-corrected chi connectivity index (χ3v) is 3.21. The second-order valence-corrected chi connectivity index (χ2v) is 4.31. The van der Waals surface area contributed by atoms with Crippen molar-refractivity contribution >= 4 is 11.7 Å². The maximum absolute atomic E-state index is 10.8. The highest BCUT2D eigenvalue weighted by Gasteiger charge is 2.33. The van der Waals surface area contributed by atoms with Gasteiger partial charge in [-0.25, -0.2) is 0 Å². The van der Waals surface area contributed by atoms with Crippen LogP contribution in [-0.4, -0.2) is 34.9 Å². The van der Waals surface area contributed by atoms with E-state index in [4.69, 9.17) is 10.8 Å². The number of nitrogens with one attached hydrogen (secondary N) is 1. The van der Waals surface area contributed by atoms with Gasteiger partial charge in [0.05, 0.1) is 12.6 Å². The second kappa shape index (κ2) is 4.73. The van der Waals surface area contributed by atoms with E-state index in [1.54, 1.807) is 0 Å². The molecule has 0 saturated carbocycles. The van der Waals surface area contributed by atoms with E-state index in [9.17, 15) is 9.90 Å². The fraction of sp³-hybridized carbons (Fsp3) is 0.417. The van der Waals surface area contributed by atoms with Crippen molar-refractivity contribution in [1.82, 2.24) is 0 Å². The maximum atomic E-state index is 10.8. The molecule has 0 aliphatic carbocycles. The number of aliphatic carboxylic acids is 1. The van der Waals surface area contributed by atoms with Gasteiger partial charge < -0.3 is 21.3 Å². The zero-order chi connectivity index (χ0) is 12.4. The van der Waals surface area contributed by atoms with Crippen LogP contribution < -0.4 is 11.1 Å². The first-order valence-electron chi connectivity index (χ1n) is 5.58. The first-order valence-corrected chi connectivity index (χ1v) is 5.58. The molecule has 0 bridgehead atoms. The molecule has 1 aliphatic heterocycles. The predicted molar refractivity (Wildman–Crippen MR) is 63.9 cm³/mol. The van der Waals surface area contributed by atoms with Crippen LogP contribution in [0.5, 0.6) is 0 Å². The minimum atomic E-state index is -1.01. The van der Waals surface area contributed by atoms with Gasteiger partial charge in [0.25, 0.3) is 0 Å². The molecule has 0 amide bonds. The number of hydrogen-bond acceptors (Lipinski definition) is 4. The van der Waals surface area contributed by atoms with Gasteiger partial charge in [-0.2, -0.15) is 0 Å². The highest BCUT2D eigenvalue weighted by molar-refractivity contribution is 5.73. The van der Waals surface area contributed by atoms with Crippen LogP contribution in [0.15, 0.2) is 24.3 Å². The van der Waals surface area contributed by atoms with Gasteiger partial charge >= 0.3 is 5.97 Å². The summed E-state index contributed by atoms with van der Waals surface area (Å²) in [5.74, 6) is -1.06. The van der Waals surface area contributed by atoms with Crippen molar-refractivity contribution < 1.29 is 15.0 Å². The number of benzene rings is 1. The summed E-state index contributed by atoms with van der Waals surface area (Å²) in [4.78, 5) is 10.8. The summed E-state index contributed by atoms with van der Waals surface area (Å²) in [5, 5.41) is 21.3. The number of fused-ring (bicyclic) bond motifs is 1. The van der Waals surface area contributed by atoms with Crippen molar-refractivity contribution in [3.05, 3.63) is 29.8 Å². The number of rotatable bonds is 4. The standard InChI is InChI=1S/C12H16N2O3/c13-9(12(16)17)5-8-7-3-1-2-4-10(7)14-11(8)6-15/h1-4,8-9,11,14-15H,5-6,13H2,(H,16,17)/t8-,9-,11-/m0/s1. The number of aliphatic hydroxyl groups is 1. The lowest BCUT2D eigenvalue weighted by molar-refractivity contribution is -0.138. The molecule has 1 aromatic carbocycles. The molecular formula is C12H16N2O3. The topological polar surface area (TPSA) is 95.6 Å². The minimum Gasteiger partial charge on any atom is -0.480 e. The summed E-state index contributed by atoms with van der Waals surface area (Å²) in [6.07, 6.45) is 0.324. The lowest BCUT2D eigenvalue weighted by Crippen LogP contribution is -2.35. The molecule has 5 N–H and O–H groups in total. The van der Waals surface area contributed by atoms with Crippen LogP contribution in [-0.2, 0) is 4.79 Å². The number of carbonyl (C=O) groups is 1. The van der Waals surface area contributed by atoms with Crippen molar-refractivity contribution in [3.8, 4) is 0 Å². The van der Waals surface area contributed by atoms with Gasteiger partial charge in [-0.05, 0) is 18.1 Å². The summed E-state index contributed by atoms with van der Waals surface area (Å²) in [5.41, 5.74) is 7.55. The monoisotopic (exact) mass is 236 g/mol. The van der Waals surface area contributed by atoms with Gasteiger partial charge in [-0.15, -0.1) is 0 Å². The van der Waals surface area contributed by atoms with Gasteiger partial charge in [0.1, 0.15) is 6.04 Å². The van der Waals surface area contributed by atoms with Crippen LogP contribution in [0.25, 0.3) is 0 Å². The summed E-state index contributed by atoms with van der Waals surface area (Å²) < 4.78 is 0. The number of anilines is 1. The summed E-state index contributed by atoms with van der Waals surface area (Å²) in [7, 11) is 0. The molecule has 0 saturated heterocycles. The molecule has 0 fully saturated rings. The molecule has 0 spiro atoms. The van der Waals surface area contributed by atoms with E-state index in [1.165, 1.54) is 0 Å². The molecule has 1 aromatic rings. The summed E-state index contributed by atoms with van der Waals surface area (Å²) >= 11 is 0. The van der Waals surface area contributed by atoms with E-state index in [1.807, 2.05) is 24.3 Å². The SMILES string of the molecule is N[C@@H](C[C@H]1c2ccccc2N[C@H]1CO)C(=O)O. The van der Waals surface area contributed by atoms with Crippen LogP contribution >= 0.6 is 0 Å². The molecule has 1 heterocycles. The average molecular weight is 236 g/mol. The Hall–Kier alpha value is -1.59. The Morgan fingerprint density at radius 1 is 1.47 bits per heavy atom. The van der Waals surface area contributed by atoms with E-state index in [-0.39, 0.29) is 18.6 Å². The zero-order valence-corrected chi connectivity index (χ0v) is 9.34. The lowest BCUT2D eigenvalue weighted by Gasteiger charge is -2.20. The van der Waals surface area contributed by atoms with E-state index in [0.29, 0.717) is 6.42 Å². The predicted octanol–water partition coefficient (Wildman–Crippen LogP) is 0.359. The van der Waals surface area contributed by atoms with Gasteiger partial charge in [0.15, 0.2) is 0 Å². The number of nitrogens with two attached hydrogens (primary N) is 1. The first-order chi connectivity index (χ1) is 8.13. The number of para-hydroxylation sites is 1. The normalized spacial score (nSPS) is 23.9. The minimum absolute atomic E-state index is 0.0360. The van der Waals surface area contributed by atoms with Crippen molar-refractivity contribution in [2.24, 2.45) is 5.73 Å². The Kier molecular flexibility index (Phi) is 3.31. The van der Waals surface area contributed by atoms with Crippen molar-refractivity contribution in [1.29, 1.82) is 0 Å². The van der Waals surface area contributed by atoms with Crippen LogP contribution in [0.2, 0.25) is 0 Å². The van der Waals surface area contributed by atoms with Crippen molar-refractivity contribution in [3.63, 3.8) is 0 Å². The number of aliphatic hydroxyl groups excluding tert-OH is 1. The molecule has 2 rings (SSSR count). The smallest absolute Gasteiger partial charge is 0.320 e. The molecule has 5 heteroatoms. The largest absolute Gasteiger partial charge is 0.480 e. The fourth-order valence-electron chi connectivity index (χ4n) is 2.31. The van der Waals surface area contributed by atoms with Crippen LogP contribution in [0.1, 0.15) is 17.9 Å². The highest BCUT2D eigenvalue weighted by atomic mass is 16.4. The van der Waals surface area contributed by atoms with Crippen LogP contribution in [0.4, 0.5) is 5.69 Å². The Morgan fingerprint density at radius 2 is 2.18 bits per heavy atom. The highest BCUT2D eigenvalue weighted by Crippen LogP contribution is 2.38. The van der Waals surface area contributed by atoms with E-state index in [0.717, 1.165) is 11.3 Å². The molecule has 92 valence electrons. The molecule has 17 heavy (non-hydrogen) atoms. The third kappa shape index (κ3) is 2.25. The lowest BCUT2D eigenvalue weighted by atomic mass is 9.89. The quantitative estimate of drug-likeness (QED) is 0.605. The van der Waals surface area contributed by atoms with Gasteiger partial charge in [0.2, 0.25) is 0 Å². The van der Waals surface area contributed by atoms with Gasteiger partial charge in [0, 0.05) is 11.6 Å². The summed E-state index contributed by atoms with van der Waals surface area (Å²) in [6, 6.07) is 6.61. The van der Waals surface area contributed by atoms with Crippen molar-refractivity contribution in [2.75, 3.05) is 11.9 Å². The summed E-state index contributed by atoms with van der Waals surface area (Å²) in [6.45, 7) is -0.0360. The van der Waals surface area contributed by atoms with Crippen LogP contribution in [0.3, 0.4) is 0 Å². The van der Waals surface area contributed by atoms with Crippen molar-refractivity contribution in [2.45, 2.75) is 24.4 Å². The van der Waals surface area contributed by atoms with E-state index in [2.05, 4.69) is 5.32 Å². The zero-order valence-electron chi connectivity index (χ0n) is 9.34. The molecule has 1 aliphatic rings. The van der Waals surface area contributed by atoms with Gasteiger partial charge in [-0.1, -0.05) is 18.2 Å². The Morgan fingerprint density at radius 3 is 2.82 bits per heavy atom. The van der Waals surface area contributed by atoms with E-state index >= 15 is 0 Å². The number of carboxylic acid groups (broad SMARTS) is 1. The third-order valence-electron chi connectivity index (χ3n) is 3.21. The molecular weight excluding hydrogens is 220 g/mol. The average Bonchev–Trinajstić information content (AvgIpc) is 2.67. The Balaban J connectivity index is 2.21. The molecule has 5 nitrogen and oxygen atoms in total. The first kappa shape index (κ1) is 11.9. The Bertz CT molecular complexity index is 422. The second-order valence-electron chi connectivity index (χ2n) is 4.31. The maximum Gasteiger partial charge on any atom is 0.320 e. The van der Waals surface area contributed by atoms with E-state index < -0.39 is 12.0 Å². The molecule has 0 unspecified atom stereocenters. The molecule has 0 radical (unpaired) electrons.